The van der Waals surface area contributed by atoms with Gasteiger partial charge in [-0.1, -0.05) is 25.3 Å². The van der Waals surface area contributed by atoms with Crippen LogP contribution >= 0.6 is 11.3 Å². The second-order valence-corrected chi connectivity index (χ2v) is 8.26. The number of hydrogen-bond donors (Lipinski definition) is 0. The van der Waals surface area contributed by atoms with E-state index in [-0.39, 0.29) is 5.92 Å². The van der Waals surface area contributed by atoms with Gasteiger partial charge < -0.3 is 9.32 Å². The van der Waals surface area contributed by atoms with E-state index >= 15 is 0 Å². The van der Waals surface area contributed by atoms with Crippen LogP contribution in [-0.4, -0.2) is 34.1 Å². The number of aromatic nitrogens is 2. The molecule has 2 aliphatic rings. The fourth-order valence-electron chi connectivity index (χ4n) is 4.07. The van der Waals surface area contributed by atoms with E-state index in [0.29, 0.717) is 23.6 Å². The Morgan fingerprint density at radius 2 is 2.08 bits per heavy atom. The molecule has 3 heterocycles. The average molecular weight is 359 g/mol. The molecule has 2 aromatic heterocycles. The van der Waals surface area contributed by atoms with Crippen molar-refractivity contribution in [3.63, 3.8) is 0 Å². The van der Waals surface area contributed by atoms with Gasteiger partial charge in [-0.3, -0.25) is 4.79 Å². The summed E-state index contributed by atoms with van der Waals surface area (Å²) >= 11 is 1.60. The summed E-state index contributed by atoms with van der Waals surface area (Å²) in [6.07, 6.45) is 9.09. The molecule has 0 aromatic carbocycles. The molecule has 1 saturated heterocycles. The Morgan fingerprint density at radius 1 is 1.20 bits per heavy atom. The van der Waals surface area contributed by atoms with Crippen molar-refractivity contribution in [2.45, 2.75) is 57.3 Å². The van der Waals surface area contributed by atoms with Crippen LogP contribution in [0.25, 0.3) is 10.8 Å². The van der Waals surface area contributed by atoms with Gasteiger partial charge in [0.05, 0.1) is 10.8 Å². The van der Waals surface area contributed by atoms with Crippen molar-refractivity contribution in [3.05, 3.63) is 23.4 Å². The van der Waals surface area contributed by atoms with Gasteiger partial charge in [0.2, 0.25) is 11.8 Å². The summed E-state index contributed by atoms with van der Waals surface area (Å²) in [4.78, 5) is 15.7. The summed E-state index contributed by atoms with van der Waals surface area (Å²) in [5, 5.41) is 10.5. The fourth-order valence-corrected chi connectivity index (χ4v) is 4.72. The van der Waals surface area contributed by atoms with Crippen molar-refractivity contribution in [1.82, 2.24) is 15.1 Å². The van der Waals surface area contributed by atoms with Gasteiger partial charge in [-0.05, 0) is 43.0 Å². The lowest BCUT2D eigenvalue weighted by atomic mass is 9.86. The first kappa shape index (κ1) is 16.8. The molecule has 4 rings (SSSR count). The Balaban J connectivity index is 1.38. The molecule has 1 atom stereocenters. The smallest absolute Gasteiger partial charge is 0.257 e. The van der Waals surface area contributed by atoms with E-state index in [2.05, 4.69) is 10.2 Å². The minimum absolute atomic E-state index is 0.172. The normalized spacial score (nSPS) is 22.2. The lowest BCUT2D eigenvalue weighted by Gasteiger charge is -2.32. The summed E-state index contributed by atoms with van der Waals surface area (Å²) in [7, 11) is 0. The van der Waals surface area contributed by atoms with Gasteiger partial charge >= 0.3 is 0 Å². The molecule has 0 bridgehead atoms. The first-order valence-corrected chi connectivity index (χ1v) is 10.3. The third kappa shape index (κ3) is 3.94. The van der Waals surface area contributed by atoms with Crippen LogP contribution in [0.2, 0.25) is 0 Å². The van der Waals surface area contributed by atoms with Crippen LogP contribution in [-0.2, 0) is 4.79 Å². The fraction of sp³-hybridized carbons (Fsp3) is 0.632. The van der Waals surface area contributed by atoms with E-state index in [4.69, 9.17) is 4.42 Å². The third-order valence-corrected chi connectivity index (χ3v) is 6.34. The predicted octanol–water partition coefficient (Wildman–Crippen LogP) is 4.47. The van der Waals surface area contributed by atoms with Gasteiger partial charge in [-0.25, -0.2) is 0 Å². The van der Waals surface area contributed by atoms with E-state index in [1.165, 1.54) is 32.1 Å². The van der Waals surface area contributed by atoms with Crippen molar-refractivity contribution in [2.75, 3.05) is 13.1 Å². The highest BCUT2D eigenvalue weighted by molar-refractivity contribution is 7.13. The Morgan fingerprint density at radius 3 is 2.88 bits per heavy atom. The van der Waals surface area contributed by atoms with Crippen LogP contribution in [0.1, 0.15) is 63.2 Å². The van der Waals surface area contributed by atoms with E-state index in [1.807, 2.05) is 22.4 Å². The molecule has 0 spiro atoms. The van der Waals surface area contributed by atoms with Crippen LogP contribution in [0.3, 0.4) is 0 Å². The van der Waals surface area contributed by atoms with E-state index < -0.39 is 0 Å². The standard InChI is InChI=1S/C19H25N3O2S/c23-17(12-14-6-2-1-3-7-14)22-10-4-8-15(13-22)18-20-21-19(24-18)16-9-5-11-25-16/h5,9,11,14-15H,1-4,6-8,10,12-13H2. The monoisotopic (exact) mass is 359 g/mol. The lowest BCUT2D eigenvalue weighted by molar-refractivity contribution is -0.133. The zero-order valence-corrected chi connectivity index (χ0v) is 15.3. The number of thiophene rings is 1. The van der Waals surface area contributed by atoms with Crippen LogP contribution in [0.5, 0.6) is 0 Å². The highest BCUT2D eigenvalue weighted by Gasteiger charge is 2.29. The van der Waals surface area contributed by atoms with E-state index in [0.717, 1.165) is 37.2 Å². The molecule has 2 fully saturated rings. The molecule has 1 aliphatic heterocycles. The van der Waals surface area contributed by atoms with Crippen molar-refractivity contribution in [1.29, 1.82) is 0 Å². The SMILES string of the molecule is O=C(CC1CCCCC1)N1CCCC(c2nnc(-c3cccs3)o2)C1. The van der Waals surface area contributed by atoms with Crippen molar-refractivity contribution >= 4 is 17.2 Å². The lowest BCUT2D eigenvalue weighted by Crippen LogP contribution is -2.40. The van der Waals surface area contributed by atoms with Gasteiger partial charge in [0.15, 0.2) is 0 Å². The maximum absolute atomic E-state index is 12.7. The molecule has 1 aliphatic carbocycles. The minimum Gasteiger partial charge on any atom is -0.420 e. The summed E-state index contributed by atoms with van der Waals surface area (Å²) in [5.41, 5.74) is 0. The first-order valence-electron chi connectivity index (χ1n) is 9.44. The zero-order chi connectivity index (χ0) is 17.1. The van der Waals surface area contributed by atoms with Crippen LogP contribution in [0.15, 0.2) is 21.9 Å². The Labute approximate surface area is 152 Å². The maximum Gasteiger partial charge on any atom is 0.257 e. The molecule has 25 heavy (non-hydrogen) atoms. The molecular formula is C19H25N3O2S. The number of nitrogens with zero attached hydrogens (tertiary/aromatic N) is 3. The summed E-state index contributed by atoms with van der Waals surface area (Å²) in [6, 6.07) is 3.97. The topological polar surface area (TPSA) is 59.2 Å². The van der Waals surface area contributed by atoms with Gasteiger partial charge in [0, 0.05) is 19.5 Å². The second kappa shape index (κ2) is 7.68. The van der Waals surface area contributed by atoms with Gasteiger partial charge in [0.1, 0.15) is 0 Å². The Bertz CT molecular complexity index is 691. The summed E-state index contributed by atoms with van der Waals surface area (Å²) in [6.45, 7) is 1.59. The molecular weight excluding hydrogens is 334 g/mol. The summed E-state index contributed by atoms with van der Waals surface area (Å²) < 4.78 is 5.90. The van der Waals surface area contributed by atoms with E-state index in [1.54, 1.807) is 11.3 Å². The van der Waals surface area contributed by atoms with Crippen LogP contribution in [0, 0.1) is 5.92 Å². The van der Waals surface area contributed by atoms with Gasteiger partial charge in [0.25, 0.3) is 5.89 Å². The van der Waals surface area contributed by atoms with Crippen molar-refractivity contribution < 1.29 is 9.21 Å². The molecule has 1 saturated carbocycles. The Kier molecular flexibility index (Phi) is 5.15. The number of likely N-dealkylation sites (tertiary alicyclic amines) is 1. The van der Waals surface area contributed by atoms with Crippen molar-refractivity contribution in [2.24, 2.45) is 5.92 Å². The number of piperidine rings is 1. The molecule has 1 unspecified atom stereocenters. The predicted molar refractivity (Wildman–Crippen MR) is 97.4 cm³/mol. The number of carbonyl (C=O) groups excluding carboxylic acids is 1. The molecule has 5 nitrogen and oxygen atoms in total. The highest BCUT2D eigenvalue weighted by atomic mass is 32.1. The third-order valence-electron chi connectivity index (χ3n) is 5.48. The number of rotatable bonds is 4. The van der Waals surface area contributed by atoms with Crippen molar-refractivity contribution in [3.8, 4) is 10.8 Å². The Hall–Kier alpha value is -1.69. The molecule has 0 N–H and O–H groups in total. The number of carbonyl (C=O) groups is 1. The summed E-state index contributed by atoms with van der Waals surface area (Å²) in [5.74, 6) is 2.35. The van der Waals surface area contributed by atoms with Crippen LogP contribution < -0.4 is 0 Å². The zero-order valence-electron chi connectivity index (χ0n) is 14.5. The minimum atomic E-state index is 0.172. The van der Waals surface area contributed by atoms with E-state index in [9.17, 15) is 4.79 Å². The molecule has 6 heteroatoms. The maximum atomic E-state index is 12.7. The quantitative estimate of drug-likeness (QED) is 0.808. The molecule has 0 radical (unpaired) electrons. The molecule has 134 valence electrons. The van der Waals surface area contributed by atoms with Gasteiger partial charge in [-0.2, -0.15) is 0 Å². The van der Waals surface area contributed by atoms with Gasteiger partial charge in [-0.15, -0.1) is 21.5 Å². The number of amides is 1. The van der Waals surface area contributed by atoms with Crippen LogP contribution in [0.4, 0.5) is 0 Å². The molecule has 2 aromatic rings. The average Bonchev–Trinajstić information content (AvgIpc) is 3.34. The largest absolute Gasteiger partial charge is 0.420 e. The first-order chi connectivity index (χ1) is 12.3. The number of hydrogen-bond acceptors (Lipinski definition) is 5. The second-order valence-electron chi connectivity index (χ2n) is 7.31. The highest BCUT2D eigenvalue weighted by Crippen LogP contribution is 2.31. The molecule has 1 amide bonds.